The van der Waals surface area contributed by atoms with Crippen molar-refractivity contribution in [2.75, 3.05) is 0 Å². The van der Waals surface area contributed by atoms with Crippen LogP contribution in [0.5, 0.6) is 0 Å². The standard InChI is InChI=1S/C11H11FN2O/c1-8(15)9-4-2-5-10(12)11(9)14-7-3-6-13-14/h2-8,15H,1H3/t8-/m1/s1. The zero-order valence-corrected chi connectivity index (χ0v) is 8.26. The maximum absolute atomic E-state index is 13.6. The zero-order valence-electron chi connectivity index (χ0n) is 8.26. The van der Waals surface area contributed by atoms with Gasteiger partial charge in [-0.3, -0.25) is 0 Å². The fraction of sp³-hybridized carbons (Fsp3) is 0.182. The Hall–Kier alpha value is -1.68. The van der Waals surface area contributed by atoms with Gasteiger partial charge in [-0.1, -0.05) is 12.1 Å². The molecule has 0 amide bonds. The highest BCUT2D eigenvalue weighted by atomic mass is 19.1. The van der Waals surface area contributed by atoms with Crippen LogP contribution in [-0.4, -0.2) is 14.9 Å². The minimum Gasteiger partial charge on any atom is -0.389 e. The van der Waals surface area contributed by atoms with Crippen LogP contribution in [0.4, 0.5) is 4.39 Å². The highest BCUT2D eigenvalue weighted by Gasteiger charge is 2.13. The predicted molar refractivity (Wildman–Crippen MR) is 54.2 cm³/mol. The largest absolute Gasteiger partial charge is 0.389 e. The molecule has 15 heavy (non-hydrogen) atoms. The molecule has 0 fully saturated rings. The summed E-state index contributed by atoms with van der Waals surface area (Å²) in [6, 6.07) is 6.32. The SMILES string of the molecule is C[C@@H](O)c1cccc(F)c1-n1cccn1. The summed E-state index contributed by atoms with van der Waals surface area (Å²) in [6.45, 7) is 1.60. The molecule has 78 valence electrons. The van der Waals surface area contributed by atoms with Gasteiger partial charge in [0.1, 0.15) is 11.5 Å². The molecule has 1 heterocycles. The van der Waals surface area contributed by atoms with Crippen molar-refractivity contribution in [1.29, 1.82) is 0 Å². The van der Waals surface area contributed by atoms with Gasteiger partial charge in [-0.05, 0) is 19.1 Å². The molecule has 0 aliphatic rings. The van der Waals surface area contributed by atoms with E-state index in [1.165, 1.54) is 10.7 Å². The fourth-order valence-corrected chi connectivity index (χ4v) is 1.51. The van der Waals surface area contributed by atoms with Gasteiger partial charge in [0.2, 0.25) is 0 Å². The summed E-state index contributed by atoms with van der Waals surface area (Å²) in [5.41, 5.74) is 0.830. The summed E-state index contributed by atoms with van der Waals surface area (Å²) in [4.78, 5) is 0. The number of aromatic nitrogens is 2. The topological polar surface area (TPSA) is 38.0 Å². The third-order valence-corrected chi connectivity index (χ3v) is 2.20. The lowest BCUT2D eigenvalue weighted by molar-refractivity contribution is 0.198. The van der Waals surface area contributed by atoms with Gasteiger partial charge in [0, 0.05) is 18.0 Å². The first-order chi connectivity index (χ1) is 7.20. The quantitative estimate of drug-likeness (QED) is 0.816. The second-order valence-electron chi connectivity index (χ2n) is 3.30. The van der Waals surface area contributed by atoms with Gasteiger partial charge in [-0.25, -0.2) is 9.07 Å². The van der Waals surface area contributed by atoms with Crippen molar-refractivity contribution in [3.63, 3.8) is 0 Å². The molecule has 0 saturated heterocycles. The molecule has 0 spiro atoms. The number of aliphatic hydroxyl groups is 1. The smallest absolute Gasteiger partial charge is 0.149 e. The molecule has 2 aromatic rings. The second kappa shape index (κ2) is 3.82. The molecule has 0 saturated carbocycles. The van der Waals surface area contributed by atoms with Gasteiger partial charge in [-0.2, -0.15) is 5.10 Å². The van der Waals surface area contributed by atoms with E-state index in [4.69, 9.17) is 0 Å². The van der Waals surface area contributed by atoms with Gasteiger partial charge in [0.15, 0.2) is 0 Å². The van der Waals surface area contributed by atoms with Crippen LogP contribution in [-0.2, 0) is 0 Å². The van der Waals surface area contributed by atoms with Crippen LogP contribution in [0.2, 0.25) is 0 Å². The molecule has 4 heteroatoms. The van der Waals surface area contributed by atoms with E-state index < -0.39 is 11.9 Å². The third kappa shape index (κ3) is 1.76. The Bertz CT molecular complexity index is 452. The van der Waals surface area contributed by atoms with E-state index in [2.05, 4.69) is 5.10 Å². The van der Waals surface area contributed by atoms with Crippen molar-refractivity contribution in [2.45, 2.75) is 13.0 Å². The van der Waals surface area contributed by atoms with Gasteiger partial charge >= 0.3 is 0 Å². The maximum Gasteiger partial charge on any atom is 0.149 e. The molecule has 0 bridgehead atoms. The van der Waals surface area contributed by atoms with Gasteiger partial charge in [-0.15, -0.1) is 0 Å². The van der Waals surface area contributed by atoms with Gasteiger partial charge < -0.3 is 5.11 Å². The highest BCUT2D eigenvalue weighted by Crippen LogP contribution is 2.23. The molecule has 0 radical (unpaired) electrons. The van der Waals surface area contributed by atoms with Crippen molar-refractivity contribution in [1.82, 2.24) is 9.78 Å². The number of hydrogen-bond acceptors (Lipinski definition) is 2. The average Bonchev–Trinajstić information content (AvgIpc) is 2.70. The summed E-state index contributed by atoms with van der Waals surface area (Å²) in [6.07, 6.45) is 2.49. The predicted octanol–water partition coefficient (Wildman–Crippen LogP) is 2.06. The van der Waals surface area contributed by atoms with Crippen LogP contribution in [0.3, 0.4) is 0 Å². The van der Waals surface area contributed by atoms with Gasteiger partial charge in [0.05, 0.1) is 6.10 Å². The summed E-state index contributed by atoms with van der Waals surface area (Å²) in [5.74, 6) is -0.392. The van der Waals surface area contributed by atoms with Crippen molar-refractivity contribution in [2.24, 2.45) is 0 Å². The Morgan fingerprint density at radius 2 is 2.20 bits per heavy atom. The Morgan fingerprint density at radius 1 is 1.40 bits per heavy atom. The number of benzene rings is 1. The minimum absolute atomic E-state index is 0.303. The lowest BCUT2D eigenvalue weighted by Crippen LogP contribution is -2.05. The second-order valence-corrected chi connectivity index (χ2v) is 3.30. The molecule has 0 aliphatic heterocycles. The molecule has 3 nitrogen and oxygen atoms in total. The number of aliphatic hydroxyl groups excluding tert-OH is 1. The van der Waals surface area contributed by atoms with Crippen molar-refractivity contribution in [3.05, 3.63) is 48.0 Å². The van der Waals surface area contributed by atoms with Crippen molar-refractivity contribution < 1.29 is 9.50 Å². The number of para-hydroxylation sites is 1. The first kappa shape index (κ1) is 9.86. The van der Waals surface area contributed by atoms with Crippen LogP contribution >= 0.6 is 0 Å². The molecule has 1 aromatic heterocycles. The minimum atomic E-state index is -0.722. The molecule has 2 rings (SSSR count). The average molecular weight is 206 g/mol. The normalized spacial score (nSPS) is 12.7. The summed E-state index contributed by atoms with van der Waals surface area (Å²) < 4.78 is 15.0. The van der Waals surface area contributed by atoms with E-state index in [9.17, 15) is 9.50 Å². The highest BCUT2D eigenvalue weighted by molar-refractivity contribution is 5.42. The third-order valence-electron chi connectivity index (χ3n) is 2.20. The lowest BCUT2D eigenvalue weighted by atomic mass is 10.1. The van der Waals surface area contributed by atoms with Gasteiger partial charge in [0.25, 0.3) is 0 Å². The Kier molecular flexibility index (Phi) is 2.51. The Morgan fingerprint density at radius 3 is 2.80 bits per heavy atom. The van der Waals surface area contributed by atoms with Crippen LogP contribution in [0.15, 0.2) is 36.7 Å². The summed E-state index contributed by atoms with van der Waals surface area (Å²) in [5, 5.41) is 13.5. The molecule has 0 unspecified atom stereocenters. The Balaban J connectivity index is 2.63. The van der Waals surface area contributed by atoms with Crippen molar-refractivity contribution in [3.8, 4) is 5.69 Å². The van der Waals surface area contributed by atoms with E-state index in [0.717, 1.165) is 0 Å². The maximum atomic E-state index is 13.6. The number of halogens is 1. The summed E-state index contributed by atoms with van der Waals surface area (Å²) >= 11 is 0. The number of nitrogens with zero attached hydrogens (tertiary/aromatic N) is 2. The van der Waals surface area contributed by atoms with Crippen LogP contribution in [0.25, 0.3) is 5.69 Å². The van der Waals surface area contributed by atoms with E-state index in [-0.39, 0.29) is 0 Å². The van der Waals surface area contributed by atoms with E-state index in [1.54, 1.807) is 37.5 Å². The molecule has 1 N–H and O–H groups in total. The van der Waals surface area contributed by atoms with Crippen LogP contribution in [0, 0.1) is 5.82 Å². The number of hydrogen-bond donors (Lipinski definition) is 1. The zero-order chi connectivity index (χ0) is 10.8. The molecule has 0 aliphatic carbocycles. The van der Waals surface area contributed by atoms with E-state index >= 15 is 0 Å². The fourth-order valence-electron chi connectivity index (χ4n) is 1.51. The van der Waals surface area contributed by atoms with E-state index in [0.29, 0.717) is 11.3 Å². The molecular weight excluding hydrogens is 195 g/mol. The lowest BCUT2D eigenvalue weighted by Gasteiger charge is -2.12. The van der Waals surface area contributed by atoms with Crippen LogP contribution < -0.4 is 0 Å². The number of rotatable bonds is 2. The Labute approximate surface area is 86.8 Å². The first-order valence-corrected chi connectivity index (χ1v) is 4.66. The van der Waals surface area contributed by atoms with Crippen molar-refractivity contribution >= 4 is 0 Å². The molecule has 1 aromatic carbocycles. The summed E-state index contributed by atoms with van der Waals surface area (Å²) in [7, 11) is 0. The first-order valence-electron chi connectivity index (χ1n) is 4.66. The molecule has 1 atom stereocenters. The van der Waals surface area contributed by atoms with Crippen LogP contribution in [0.1, 0.15) is 18.6 Å². The monoisotopic (exact) mass is 206 g/mol. The van der Waals surface area contributed by atoms with E-state index in [1.807, 2.05) is 0 Å². The molecular formula is C11H11FN2O.